The molecule has 0 aliphatic carbocycles. The minimum absolute atomic E-state index is 0.0775. The first-order chi connectivity index (χ1) is 6.67. The van der Waals surface area contributed by atoms with Gasteiger partial charge in [0, 0.05) is 26.1 Å². The van der Waals surface area contributed by atoms with Crippen molar-refractivity contribution in [2.24, 2.45) is 5.73 Å². The van der Waals surface area contributed by atoms with Gasteiger partial charge in [0.05, 0.1) is 6.04 Å². The Morgan fingerprint density at radius 3 is 2.79 bits per heavy atom. The summed E-state index contributed by atoms with van der Waals surface area (Å²) in [6.07, 6.45) is 5.90. The minimum Gasteiger partial charge on any atom is -0.396 e. The van der Waals surface area contributed by atoms with Gasteiger partial charge >= 0.3 is 0 Å². The molecule has 0 aromatic carbocycles. The van der Waals surface area contributed by atoms with Crippen molar-refractivity contribution in [2.75, 3.05) is 19.7 Å². The number of hydrogen-bond acceptors (Lipinski definition) is 3. The smallest absolute Gasteiger partial charge is 0.240 e. The number of hydrogen-bond donors (Lipinski definition) is 2. The van der Waals surface area contributed by atoms with Crippen LogP contribution in [0.4, 0.5) is 0 Å². The zero-order valence-corrected chi connectivity index (χ0v) is 8.57. The zero-order chi connectivity index (χ0) is 11.0. The Labute approximate surface area is 85.1 Å². The summed E-state index contributed by atoms with van der Waals surface area (Å²) in [6, 6.07) is -0.612. The molecule has 80 valence electrons. The quantitative estimate of drug-likeness (QED) is 0.569. The highest BCUT2D eigenvalue weighted by atomic mass is 16.3. The first kappa shape index (κ1) is 12.9. The number of rotatable bonds is 6. The standard InChI is InChI=1S/C10H18N2O2/c1-3-6-9(11)10(14)12(4-2)7-5-8-13/h1,9,13H,4-8,11H2,2H3. The van der Waals surface area contributed by atoms with E-state index in [1.54, 1.807) is 4.90 Å². The lowest BCUT2D eigenvalue weighted by molar-refractivity contribution is -0.132. The Morgan fingerprint density at radius 1 is 1.71 bits per heavy atom. The van der Waals surface area contributed by atoms with Gasteiger partial charge in [-0.1, -0.05) is 0 Å². The molecule has 4 nitrogen and oxygen atoms in total. The molecule has 0 saturated carbocycles. The summed E-state index contributed by atoms with van der Waals surface area (Å²) in [6.45, 7) is 3.08. The molecule has 4 heteroatoms. The Bertz CT molecular complexity index is 211. The first-order valence-electron chi connectivity index (χ1n) is 4.76. The van der Waals surface area contributed by atoms with E-state index in [0.717, 1.165) is 0 Å². The molecular weight excluding hydrogens is 180 g/mol. The molecule has 0 rings (SSSR count). The highest BCUT2D eigenvalue weighted by Gasteiger charge is 2.18. The predicted molar refractivity (Wildman–Crippen MR) is 55.4 cm³/mol. The summed E-state index contributed by atoms with van der Waals surface area (Å²) in [4.78, 5) is 13.2. The van der Waals surface area contributed by atoms with Gasteiger partial charge in [-0.25, -0.2) is 0 Å². The minimum atomic E-state index is -0.612. The average molecular weight is 198 g/mol. The van der Waals surface area contributed by atoms with Crippen LogP contribution in [0.25, 0.3) is 0 Å². The number of carbonyl (C=O) groups excluding carboxylic acids is 1. The van der Waals surface area contributed by atoms with Gasteiger partial charge in [-0.15, -0.1) is 12.3 Å². The second kappa shape index (κ2) is 7.36. The lowest BCUT2D eigenvalue weighted by Crippen LogP contribution is -2.44. The van der Waals surface area contributed by atoms with Crippen LogP contribution in [0.5, 0.6) is 0 Å². The third kappa shape index (κ3) is 4.26. The Hall–Kier alpha value is -1.05. The van der Waals surface area contributed by atoms with Crippen molar-refractivity contribution >= 4 is 5.91 Å². The van der Waals surface area contributed by atoms with Gasteiger partial charge < -0.3 is 15.7 Å². The second-order valence-corrected chi connectivity index (χ2v) is 3.01. The fourth-order valence-electron chi connectivity index (χ4n) is 1.13. The molecule has 0 fully saturated rings. The molecule has 0 aromatic rings. The number of likely N-dealkylation sites (N-methyl/N-ethyl adjacent to an activating group) is 1. The van der Waals surface area contributed by atoms with Crippen LogP contribution in [0, 0.1) is 12.3 Å². The van der Waals surface area contributed by atoms with Gasteiger partial charge in [0.15, 0.2) is 0 Å². The van der Waals surface area contributed by atoms with Crippen LogP contribution in [-0.2, 0) is 4.79 Å². The fraction of sp³-hybridized carbons (Fsp3) is 0.700. The molecular formula is C10H18N2O2. The van der Waals surface area contributed by atoms with Gasteiger partial charge in [0.2, 0.25) is 5.91 Å². The number of aliphatic hydroxyl groups is 1. The van der Waals surface area contributed by atoms with Crippen molar-refractivity contribution in [3.63, 3.8) is 0 Å². The van der Waals surface area contributed by atoms with Crippen molar-refractivity contribution in [3.8, 4) is 12.3 Å². The average Bonchev–Trinajstić information content (AvgIpc) is 2.19. The van der Waals surface area contributed by atoms with E-state index in [-0.39, 0.29) is 18.9 Å². The van der Waals surface area contributed by atoms with Crippen molar-refractivity contribution in [3.05, 3.63) is 0 Å². The molecule has 1 atom stereocenters. The summed E-state index contributed by atoms with van der Waals surface area (Å²) in [5.41, 5.74) is 5.58. The third-order valence-electron chi connectivity index (χ3n) is 1.93. The Balaban J connectivity index is 4.10. The summed E-state index contributed by atoms with van der Waals surface area (Å²) in [5, 5.41) is 8.63. The zero-order valence-electron chi connectivity index (χ0n) is 8.57. The van der Waals surface area contributed by atoms with Crippen molar-refractivity contribution in [1.82, 2.24) is 4.90 Å². The number of carbonyl (C=O) groups is 1. The maximum atomic E-state index is 11.6. The summed E-state index contributed by atoms with van der Waals surface area (Å²) in [7, 11) is 0. The second-order valence-electron chi connectivity index (χ2n) is 3.01. The van der Waals surface area contributed by atoms with Crippen LogP contribution in [0.2, 0.25) is 0 Å². The molecule has 0 saturated heterocycles. The van der Waals surface area contributed by atoms with Gasteiger partial charge in [0.1, 0.15) is 0 Å². The molecule has 0 heterocycles. The summed E-state index contributed by atoms with van der Waals surface area (Å²) in [5.74, 6) is 2.22. The molecule has 14 heavy (non-hydrogen) atoms. The molecule has 0 spiro atoms. The van der Waals surface area contributed by atoms with E-state index in [4.69, 9.17) is 17.3 Å². The molecule has 0 bridgehead atoms. The lowest BCUT2D eigenvalue weighted by atomic mass is 10.2. The fourth-order valence-corrected chi connectivity index (χ4v) is 1.13. The summed E-state index contributed by atoms with van der Waals surface area (Å²) < 4.78 is 0. The van der Waals surface area contributed by atoms with Crippen LogP contribution in [0.1, 0.15) is 19.8 Å². The Kier molecular flexibility index (Phi) is 6.81. The van der Waals surface area contributed by atoms with Crippen LogP contribution in [-0.4, -0.2) is 41.7 Å². The van der Waals surface area contributed by atoms with E-state index >= 15 is 0 Å². The summed E-state index contributed by atoms with van der Waals surface area (Å²) >= 11 is 0. The number of nitrogens with zero attached hydrogens (tertiary/aromatic N) is 1. The van der Waals surface area contributed by atoms with Gasteiger partial charge in [0.25, 0.3) is 0 Å². The molecule has 0 aromatic heterocycles. The van der Waals surface area contributed by atoms with Crippen molar-refractivity contribution in [1.29, 1.82) is 0 Å². The van der Waals surface area contributed by atoms with Crippen LogP contribution in [0.15, 0.2) is 0 Å². The van der Waals surface area contributed by atoms with Gasteiger partial charge in [-0.05, 0) is 13.3 Å². The van der Waals surface area contributed by atoms with E-state index in [0.29, 0.717) is 19.5 Å². The van der Waals surface area contributed by atoms with Gasteiger partial charge in [-0.3, -0.25) is 4.79 Å². The highest BCUT2D eigenvalue weighted by Crippen LogP contribution is 1.98. The van der Waals surface area contributed by atoms with Crippen molar-refractivity contribution < 1.29 is 9.90 Å². The normalized spacial score (nSPS) is 11.9. The van der Waals surface area contributed by atoms with Crippen LogP contribution in [0.3, 0.4) is 0 Å². The lowest BCUT2D eigenvalue weighted by Gasteiger charge is -2.23. The molecule has 1 unspecified atom stereocenters. The first-order valence-corrected chi connectivity index (χ1v) is 4.76. The van der Waals surface area contributed by atoms with E-state index in [1.165, 1.54) is 0 Å². The monoisotopic (exact) mass is 198 g/mol. The highest BCUT2D eigenvalue weighted by molar-refractivity contribution is 5.81. The number of amides is 1. The number of aliphatic hydroxyl groups excluding tert-OH is 1. The number of nitrogens with two attached hydrogens (primary N) is 1. The third-order valence-corrected chi connectivity index (χ3v) is 1.93. The Morgan fingerprint density at radius 2 is 2.36 bits per heavy atom. The van der Waals surface area contributed by atoms with E-state index < -0.39 is 6.04 Å². The van der Waals surface area contributed by atoms with Crippen molar-refractivity contribution in [2.45, 2.75) is 25.8 Å². The topological polar surface area (TPSA) is 66.6 Å². The molecule has 1 amide bonds. The van der Waals surface area contributed by atoms with Crippen LogP contribution >= 0.6 is 0 Å². The maximum Gasteiger partial charge on any atom is 0.240 e. The van der Waals surface area contributed by atoms with Gasteiger partial charge in [-0.2, -0.15) is 0 Å². The van der Waals surface area contributed by atoms with E-state index in [9.17, 15) is 4.79 Å². The maximum absolute atomic E-state index is 11.6. The predicted octanol–water partition coefficient (Wildman–Crippen LogP) is -0.432. The number of terminal acetylenes is 1. The molecule has 3 N–H and O–H groups in total. The molecule has 0 aliphatic rings. The molecule has 0 aliphatic heterocycles. The van der Waals surface area contributed by atoms with E-state index in [2.05, 4.69) is 5.92 Å². The largest absolute Gasteiger partial charge is 0.396 e. The SMILES string of the molecule is C#CCC(N)C(=O)N(CC)CCCO. The van der Waals surface area contributed by atoms with E-state index in [1.807, 2.05) is 6.92 Å². The molecule has 0 radical (unpaired) electrons. The van der Waals surface area contributed by atoms with Crippen LogP contribution < -0.4 is 5.73 Å².